The van der Waals surface area contributed by atoms with Crippen LogP contribution in [0.15, 0.2) is 42.7 Å². The van der Waals surface area contributed by atoms with Crippen LogP contribution in [0.2, 0.25) is 0 Å². The zero-order valence-electron chi connectivity index (χ0n) is 26.0. The van der Waals surface area contributed by atoms with Crippen LogP contribution in [0.3, 0.4) is 0 Å². The molecular weight excluding hydrogens is 494 g/mol. The summed E-state index contributed by atoms with van der Waals surface area (Å²) in [5.74, 6) is 2.45. The Kier molecular flexibility index (Phi) is 8.06. The normalized spacial score (nSPS) is 14.5. The molecule has 0 unspecified atom stereocenters. The van der Waals surface area contributed by atoms with Crippen LogP contribution >= 0.6 is 0 Å². The molecule has 1 aliphatic carbocycles. The highest BCUT2D eigenvalue weighted by molar-refractivity contribution is 5.57. The second kappa shape index (κ2) is 10.9. The molecular formula is C34H48N5O+. The number of aromatic nitrogens is 3. The van der Waals surface area contributed by atoms with Gasteiger partial charge in [-0.15, -0.1) is 9.67 Å². The number of aliphatic hydroxyl groups is 1. The topological polar surface area (TPSA) is 57.2 Å². The first-order chi connectivity index (χ1) is 18.7. The van der Waals surface area contributed by atoms with E-state index in [0.717, 1.165) is 65.0 Å². The zero-order chi connectivity index (χ0) is 29.6. The van der Waals surface area contributed by atoms with Crippen molar-refractivity contribution in [3.05, 3.63) is 75.7 Å². The highest BCUT2D eigenvalue weighted by Crippen LogP contribution is 2.33. The second-order valence-electron chi connectivity index (χ2n) is 12.8. The van der Waals surface area contributed by atoms with Gasteiger partial charge in [0.1, 0.15) is 11.3 Å². The molecule has 0 bridgehead atoms. The number of aryl methyl sites for hydroxylation is 2. The van der Waals surface area contributed by atoms with E-state index in [1.54, 1.807) is 13.8 Å². The van der Waals surface area contributed by atoms with Gasteiger partial charge >= 0.3 is 0 Å². The lowest BCUT2D eigenvalue weighted by Gasteiger charge is -2.25. The van der Waals surface area contributed by atoms with Gasteiger partial charge in [0.15, 0.2) is 5.82 Å². The molecule has 0 amide bonds. The van der Waals surface area contributed by atoms with E-state index in [2.05, 4.69) is 84.7 Å². The molecule has 4 rings (SSSR count). The van der Waals surface area contributed by atoms with E-state index in [0.29, 0.717) is 11.7 Å². The van der Waals surface area contributed by atoms with Crippen LogP contribution in [0.5, 0.6) is 0 Å². The van der Waals surface area contributed by atoms with Crippen LogP contribution in [-0.2, 0) is 17.4 Å². The standard InChI is InChI=1S/C34H48N5O/c1-12-14-25-21-26(16-19-29(25)33(6,7)8)35-24(5)37(11)32-28(13-2)23(4)38(27-17-18-27)39(32)30-20-15-22(3)31(36-30)34(9,10)40/h13,15-16,19-21,27,35,40H,4-5,12,14,17-18H2,1-3,6-11H3/q+1/b28-13-. The molecule has 1 saturated carbocycles. The van der Waals surface area contributed by atoms with Gasteiger partial charge in [0, 0.05) is 11.8 Å². The first-order valence-corrected chi connectivity index (χ1v) is 14.5. The maximum absolute atomic E-state index is 10.9. The van der Waals surface area contributed by atoms with Crippen molar-refractivity contribution in [1.82, 2.24) is 9.67 Å². The van der Waals surface area contributed by atoms with Gasteiger partial charge in [0.05, 0.1) is 23.7 Å². The average molecular weight is 543 g/mol. The molecule has 0 aliphatic heterocycles. The fraction of sp³-hybridized carbons (Fsp3) is 0.471. The van der Waals surface area contributed by atoms with E-state index in [4.69, 9.17) is 4.98 Å². The second-order valence-corrected chi connectivity index (χ2v) is 12.8. The van der Waals surface area contributed by atoms with Crippen molar-refractivity contribution in [2.75, 3.05) is 17.3 Å². The van der Waals surface area contributed by atoms with Crippen LogP contribution in [0.1, 0.15) is 96.2 Å². The van der Waals surface area contributed by atoms with Crippen molar-refractivity contribution in [2.24, 2.45) is 0 Å². The lowest BCUT2D eigenvalue weighted by molar-refractivity contribution is -0.678. The Morgan fingerprint density at radius 1 is 1.20 bits per heavy atom. The molecule has 1 fully saturated rings. The molecule has 1 aliphatic rings. The lowest BCUT2D eigenvalue weighted by Crippen LogP contribution is -2.48. The van der Waals surface area contributed by atoms with Gasteiger partial charge in [0.2, 0.25) is 0 Å². The minimum Gasteiger partial charge on any atom is -0.383 e. The van der Waals surface area contributed by atoms with Gasteiger partial charge < -0.3 is 10.4 Å². The molecule has 0 radical (unpaired) electrons. The van der Waals surface area contributed by atoms with E-state index in [1.807, 2.05) is 33.0 Å². The SMILES string of the molecule is C=C(Nc1ccc(C(C)(C)C)c(CCC)c1)N(C)c1/c(=C\C)c(=C)n(C2CC2)[n+]1-c1ccc(C)c(C(C)(C)O)n1. The number of nitrogens with zero attached hydrogens (tertiary/aromatic N) is 4. The Morgan fingerprint density at radius 2 is 1.88 bits per heavy atom. The van der Waals surface area contributed by atoms with Gasteiger partial charge in [-0.05, 0) is 93.8 Å². The fourth-order valence-corrected chi connectivity index (χ4v) is 5.64. The van der Waals surface area contributed by atoms with Crippen LogP contribution in [0.25, 0.3) is 18.5 Å². The van der Waals surface area contributed by atoms with Crippen molar-refractivity contribution < 1.29 is 9.79 Å². The van der Waals surface area contributed by atoms with Gasteiger partial charge in [0.25, 0.3) is 11.6 Å². The molecule has 0 atom stereocenters. The fourth-order valence-electron chi connectivity index (χ4n) is 5.64. The summed E-state index contributed by atoms with van der Waals surface area (Å²) in [6.07, 6.45) is 6.46. The molecule has 0 saturated heterocycles. The largest absolute Gasteiger partial charge is 0.383 e. The molecule has 2 heterocycles. The zero-order valence-corrected chi connectivity index (χ0v) is 26.0. The molecule has 40 heavy (non-hydrogen) atoms. The lowest BCUT2D eigenvalue weighted by atomic mass is 9.82. The molecule has 2 aromatic heterocycles. The Labute approximate surface area is 240 Å². The smallest absolute Gasteiger partial charge is 0.285 e. The maximum Gasteiger partial charge on any atom is 0.285 e. The molecule has 6 heteroatoms. The third-order valence-electron chi connectivity index (χ3n) is 7.75. The number of pyridine rings is 1. The summed E-state index contributed by atoms with van der Waals surface area (Å²) < 4.78 is 4.42. The van der Waals surface area contributed by atoms with Crippen LogP contribution in [0, 0.1) is 6.92 Å². The summed E-state index contributed by atoms with van der Waals surface area (Å²) in [6, 6.07) is 11.1. The number of hydrogen-bond acceptors (Lipinski definition) is 4. The first-order valence-electron chi connectivity index (χ1n) is 14.5. The molecule has 214 valence electrons. The van der Waals surface area contributed by atoms with Crippen LogP contribution in [-0.4, -0.2) is 21.8 Å². The van der Waals surface area contributed by atoms with Crippen molar-refractivity contribution >= 4 is 24.2 Å². The van der Waals surface area contributed by atoms with Gasteiger partial charge in [-0.25, -0.2) is 9.58 Å². The maximum atomic E-state index is 10.9. The summed E-state index contributed by atoms with van der Waals surface area (Å²) >= 11 is 0. The number of benzene rings is 1. The molecule has 1 aromatic carbocycles. The van der Waals surface area contributed by atoms with Crippen molar-refractivity contribution in [3.8, 4) is 5.82 Å². The Balaban J connectivity index is 1.82. The first kappa shape index (κ1) is 29.6. The predicted molar refractivity (Wildman–Crippen MR) is 167 cm³/mol. The number of rotatable bonds is 9. The summed E-state index contributed by atoms with van der Waals surface area (Å²) in [7, 11) is 2.03. The summed E-state index contributed by atoms with van der Waals surface area (Å²) in [4.78, 5) is 7.09. The van der Waals surface area contributed by atoms with Crippen LogP contribution in [0.4, 0.5) is 11.5 Å². The van der Waals surface area contributed by atoms with E-state index in [1.165, 1.54) is 11.1 Å². The highest BCUT2D eigenvalue weighted by atomic mass is 16.3. The summed E-state index contributed by atoms with van der Waals surface area (Å²) in [6.45, 7) is 25.6. The van der Waals surface area contributed by atoms with Gasteiger partial charge in [-0.3, -0.25) is 0 Å². The van der Waals surface area contributed by atoms with E-state index in [-0.39, 0.29) is 5.41 Å². The number of hydrogen-bond donors (Lipinski definition) is 2. The van der Waals surface area contributed by atoms with Gasteiger partial charge in [-0.1, -0.05) is 52.8 Å². The Morgan fingerprint density at radius 3 is 2.42 bits per heavy atom. The van der Waals surface area contributed by atoms with Crippen LogP contribution < -0.4 is 25.5 Å². The van der Waals surface area contributed by atoms with E-state index < -0.39 is 5.60 Å². The van der Waals surface area contributed by atoms with E-state index >= 15 is 0 Å². The molecule has 6 nitrogen and oxygen atoms in total. The number of nitrogens with one attached hydrogen (secondary N) is 1. The number of anilines is 2. The minimum absolute atomic E-state index is 0.0908. The monoisotopic (exact) mass is 542 g/mol. The molecule has 3 aromatic rings. The van der Waals surface area contributed by atoms with Crippen molar-refractivity contribution in [2.45, 2.75) is 98.1 Å². The predicted octanol–water partition coefficient (Wildman–Crippen LogP) is 5.51. The highest BCUT2D eigenvalue weighted by Gasteiger charge is 2.36. The van der Waals surface area contributed by atoms with E-state index in [9.17, 15) is 5.11 Å². The van der Waals surface area contributed by atoms with Crippen molar-refractivity contribution in [3.63, 3.8) is 0 Å². The third-order valence-corrected chi connectivity index (χ3v) is 7.75. The summed E-state index contributed by atoms with van der Waals surface area (Å²) in [5.41, 5.74) is 4.44. The van der Waals surface area contributed by atoms with Gasteiger partial charge in [-0.2, -0.15) is 0 Å². The minimum atomic E-state index is -1.06. The Hall–Kier alpha value is -3.38. The molecule has 2 N–H and O–H groups in total. The molecule has 0 spiro atoms. The van der Waals surface area contributed by atoms with Crippen molar-refractivity contribution in [1.29, 1.82) is 0 Å². The summed E-state index contributed by atoms with van der Waals surface area (Å²) in [5, 5.41) is 16.4. The quantitative estimate of drug-likeness (QED) is 0.350. The third kappa shape index (κ3) is 5.73. The average Bonchev–Trinajstić information content (AvgIpc) is 3.65. The Bertz CT molecular complexity index is 1530.